The van der Waals surface area contributed by atoms with Crippen molar-refractivity contribution in [1.82, 2.24) is 24.6 Å². The molecule has 0 aliphatic carbocycles. The SMILES string of the molecule is CCCC(C)(N)C(=O)N1CCN(c2nc(C)nc3c2cnn3C)CC1.Cl. The number of fused-ring (bicyclic) bond motifs is 1. The highest BCUT2D eigenvalue weighted by Crippen LogP contribution is 2.25. The third-order valence-corrected chi connectivity index (χ3v) is 4.81. The summed E-state index contributed by atoms with van der Waals surface area (Å²) >= 11 is 0. The van der Waals surface area contributed by atoms with Gasteiger partial charge < -0.3 is 15.5 Å². The number of piperazine rings is 1. The molecule has 0 radical (unpaired) electrons. The van der Waals surface area contributed by atoms with Crippen molar-refractivity contribution >= 4 is 35.2 Å². The van der Waals surface area contributed by atoms with E-state index in [-0.39, 0.29) is 18.3 Å². The monoisotopic (exact) mass is 381 g/mol. The predicted octanol–water partition coefficient (Wildman–Crippen LogP) is 1.26. The van der Waals surface area contributed by atoms with E-state index < -0.39 is 5.54 Å². The van der Waals surface area contributed by atoms with Gasteiger partial charge in [-0.05, 0) is 20.3 Å². The second-order valence-corrected chi connectivity index (χ2v) is 7.05. The van der Waals surface area contributed by atoms with Gasteiger partial charge in [0, 0.05) is 33.2 Å². The quantitative estimate of drug-likeness (QED) is 0.856. The number of nitrogens with two attached hydrogens (primary N) is 1. The van der Waals surface area contributed by atoms with E-state index in [9.17, 15) is 4.79 Å². The van der Waals surface area contributed by atoms with Crippen molar-refractivity contribution in [2.45, 2.75) is 39.2 Å². The summed E-state index contributed by atoms with van der Waals surface area (Å²) in [4.78, 5) is 25.8. The minimum absolute atomic E-state index is 0. The summed E-state index contributed by atoms with van der Waals surface area (Å²) in [6, 6.07) is 0. The standard InChI is InChI=1S/C17H27N7O.ClH/c1-5-6-17(3,18)16(25)24-9-7-23(8-10-24)15-13-11-19-22(4)14(13)20-12(2)21-15;/h11H,5-10,18H2,1-4H3;1H. The molecule has 8 nitrogen and oxygen atoms in total. The smallest absolute Gasteiger partial charge is 0.242 e. The van der Waals surface area contributed by atoms with Gasteiger partial charge in [0.05, 0.1) is 17.1 Å². The highest BCUT2D eigenvalue weighted by atomic mass is 35.5. The fraction of sp³-hybridized carbons (Fsp3) is 0.647. The number of halogens is 1. The maximum Gasteiger partial charge on any atom is 0.242 e. The van der Waals surface area contributed by atoms with E-state index in [0.717, 1.165) is 42.2 Å². The predicted molar refractivity (Wildman–Crippen MR) is 105 cm³/mol. The number of aryl methyl sites for hydroxylation is 2. The first-order valence-corrected chi connectivity index (χ1v) is 8.83. The van der Waals surface area contributed by atoms with E-state index in [1.54, 1.807) is 10.9 Å². The van der Waals surface area contributed by atoms with Gasteiger partial charge in [-0.2, -0.15) is 5.10 Å². The molecule has 144 valence electrons. The van der Waals surface area contributed by atoms with E-state index in [0.29, 0.717) is 19.5 Å². The molecule has 1 atom stereocenters. The molecule has 0 bridgehead atoms. The van der Waals surface area contributed by atoms with Crippen molar-refractivity contribution in [3.05, 3.63) is 12.0 Å². The number of hydrogen-bond acceptors (Lipinski definition) is 6. The molecule has 9 heteroatoms. The Morgan fingerprint density at radius 2 is 1.92 bits per heavy atom. The molecule has 1 unspecified atom stereocenters. The molecule has 0 saturated carbocycles. The van der Waals surface area contributed by atoms with Gasteiger partial charge in [0.15, 0.2) is 5.65 Å². The van der Waals surface area contributed by atoms with E-state index in [2.05, 4.69) is 20.0 Å². The number of amides is 1. The van der Waals surface area contributed by atoms with Gasteiger partial charge >= 0.3 is 0 Å². The Hall–Kier alpha value is -1.93. The zero-order chi connectivity index (χ0) is 18.2. The molecule has 1 fully saturated rings. The first kappa shape index (κ1) is 20.4. The molecule has 0 aromatic carbocycles. The van der Waals surface area contributed by atoms with E-state index in [1.165, 1.54) is 0 Å². The molecule has 26 heavy (non-hydrogen) atoms. The number of nitrogens with zero attached hydrogens (tertiary/aromatic N) is 6. The van der Waals surface area contributed by atoms with Crippen LogP contribution >= 0.6 is 12.4 Å². The van der Waals surface area contributed by atoms with Crippen LogP contribution in [0.4, 0.5) is 5.82 Å². The molecule has 2 N–H and O–H groups in total. The lowest BCUT2D eigenvalue weighted by Gasteiger charge is -2.39. The van der Waals surface area contributed by atoms with E-state index in [1.807, 2.05) is 32.7 Å². The summed E-state index contributed by atoms with van der Waals surface area (Å²) in [5, 5.41) is 5.24. The number of carbonyl (C=O) groups excluding carboxylic acids is 1. The zero-order valence-electron chi connectivity index (χ0n) is 15.9. The normalized spacial score (nSPS) is 17.1. The third kappa shape index (κ3) is 3.76. The zero-order valence-corrected chi connectivity index (χ0v) is 16.7. The summed E-state index contributed by atoms with van der Waals surface area (Å²) in [6.45, 7) is 8.54. The first-order valence-electron chi connectivity index (χ1n) is 8.83. The summed E-state index contributed by atoms with van der Waals surface area (Å²) in [5.74, 6) is 1.66. The second kappa shape index (κ2) is 7.75. The number of rotatable bonds is 4. The maximum atomic E-state index is 12.7. The number of aromatic nitrogens is 4. The van der Waals surface area contributed by atoms with Crippen LogP contribution in [0.15, 0.2) is 6.20 Å². The van der Waals surface area contributed by atoms with Crippen molar-refractivity contribution in [1.29, 1.82) is 0 Å². The molecule has 0 spiro atoms. The van der Waals surface area contributed by atoms with Crippen LogP contribution in [0.3, 0.4) is 0 Å². The Labute approximate surface area is 160 Å². The maximum absolute atomic E-state index is 12.7. The summed E-state index contributed by atoms with van der Waals surface area (Å²) in [6.07, 6.45) is 3.41. The topological polar surface area (TPSA) is 93.2 Å². The second-order valence-electron chi connectivity index (χ2n) is 7.05. The van der Waals surface area contributed by atoms with Gasteiger partial charge in [0.2, 0.25) is 5.91 Å². The van der Waals surface area contributed by atoms with Crippen molar-refractivity contribution in [2.75, 3.05) is 31.1 Å². The molecule has 3 rings (SSSR count). The van der Waals surface area contributed by atoms with Crippen LogP contribution in [-0.2, 0) is 11.8 Å². The molecule has 1 aliphatic heterocycles. The minimum Gasteiger partial charge on any atom is -0.352 e. The Balaban J connectivity index is 0.00000243. The average Bonchev–Trinajstić information content (AvgIpc) is 2.95. The lowest BCUT2D eigenvalue weighted by molar-refractivity contribution is -0.137. The molecule has 2 aromatic heterocycles. The van der Waals surface area contributed by atoms with Gasteiger partial charge in [-0.3, -0.25) is 9.48 Å². The minimum atomic E-state index is -0.779. The van der Waals surface area contributed by atoms with Crippen LogP contribution in [0.2, 0.25) is 0 Å². The van der Waals surface area contributed by atoms with Crippen molar-refractivity contribution in [3.8, 4) is 0 Å². The van der Waals surface area contributed by atoms with Crippen LogP contribution in [0, 0.1) is 6.92 Å². The first-order chi connectivity index (χ1) is 11.8. The largest absolute Gasteiger partial charge is 0.352 e. The van der Waals surface area contributed by atoms with Crippen LogP contribution < -0.4 is 10.6 Å². The van der Waals surface area contributed by atoms with Crippen molar-refractivity contribution in [3.63, 3.8) is 0 Å². The van der Waals surface area contributed by atoms with Crippen molar-refractivity contribution < 1.29 is 4.79 Å². The Morgan fingerprint density at radius 3 is 2.54 bits per heavy atom. The molecular formula is C17H28ClN7O. The van der Waals surface area contributed by atoms with Crippen LogP contribution in [0.5, 0.6) is 0 Å². The van der Waals surface area contributed by atoms with Gasteiger partial charge in [-0.25, -0.2) is 9.97 Å². The Morgan fingerprint density at radius 1 is 1.27 bits per heavy atom. The molecule has 1 saturated heterocycles. The number of carbonyl (C=O) groups is 1. The van der Waals surface area contributed by atoms with E-state index >= 15 is 0 Å². The lowest BCUT2D eigenvalue weighted by atomic mass is 9.95. The molecule has 1 amide bonds. The van der Waals surface area contributed by atoms with Crippen LogP contribution in [0.1, 0.15) is 32.5 Å². The molecule has 3 heterocycles. The van der Waals surface area contributed by atoms with E-state index in [4.69, 9.17) is 5.73 Å². The van der Waals surface area contributed by atoms with Crippen LogP contribution in [-0.4, -0.2) is 62.3 Å². The molecular weight excluding hydrogens is 354 g/mol. The fourth-order valence-corrected chi connectivity index (χ4v) is 3.46. The Bertz CT molecular complexity index is 781. The third-order valence-electron chi connectivity index (χ3n) is 4.81. The summed E-state index contributed by atoms with van der Waals surface area (Å²) in [7, 11) is 1.88. The highest BCUT2D eigenvalue weighted by Gasteiger charge is 2.34. The van der Waals surface area contributed by atoms with Gasteiger partial charge in [-0.1, -0.05) is 13.3 Å². The van der Waals surface area contributed by atoms with Gasteiger partial charge in [0.1, 0.15) is 11.6 Å². The van der Waals surface area contributed by atoms with Gasteiger partial charge in [-0.15, -0.1) is 12.4 Å². The average molecular weight is 382 g/mol. The van der Waals surface area contributed by atoms with Crippen molar-refractivity contribution in [2.24, 2.45) is 12.8 Å². The molecule has 1 aliphatic rings. The van der Waals surface area contributed by atoms with Gasteiger partial charge in [0.25, 0.3) is 0 Å². The summed E-state index contributed by atoms with van der Waals surface area (Å²) in [5.41, 5.74) is 6.26. The van der Waals surface area contributed by atoms with Crippen LogP contribution in [0.25, 0.3) is 11.0 Å². The lowest BCUT2D eigenvalue weighted by Crippen LogP contribution is -2.58. The summed E-state index contributed by atoms with van der Waals surface area (Å²) < 4.78 is 1.76. The number of hydrogen-bond donors (Lipinski definition) is 1. The number of anilines is 1. The Kier molecular flexibility index (Phi) is 6.08. The highest BCUT2D eigenvalue weighted by molar-refractivity contribution is 5.88. The molecule has 2 aromatic rings. The fourth-order valence-electron chi connectivity index (χ4n) is 3.46.